The van der Waals surface area contributed by atoms with Crippen molar-refractivity contribution in [2.24, 2.45) is 12.8 Å². The van der Waals surface area contributed by atoms with Crippen molar-refractivity contribution >= 4 is 40.5 Å². The molecule has 1 aliphatic heterocycles. The Kier molecular flexibility index (Phi) is 8.94. The Morgan fingerprint density at radius 1 is 1.00 bits per heavy atom. The van der Waals surface area contributed by atoms with Crippen molar-refractivity contribution in [2.45, 2.75) is 31.7 Å². The van der Waals surface area contributed by atoms with E-state index in [-0.39, 0.29) is 23.8 Å². The van der Waals surface area contributed by atoms with E-state index in [1.54, 1.807) is 36.2 Å². The summed E-state index contributed by atoms with van der Waals surface area (Å²) in [6.07, 6.45) is 2.84. The molecule has 1 aromatic heterocycles. The number of urea groups is 1. The zero-order valence-electron chi connectivity index (χ0n) is 25.2. The third kappa shape index (κ3) is 6.56. The van der Waals surface area contributed by atoms with E-state index in [4.69, 9.17) is 20.9 Å². The molecule has 0 aliphatic carbocycles. The van der Waals surface area contributed by atoms with Crippen molar-refractivity contribution in [1.29, 1.82) is 5.41 Å². The van der Waals surface area contributed by atoms with Gasteiger partial charge in [0.05, 0.1) is 23.7 Å². The van der Waals surface area contributed by atoms with E-state index in [0.717, 1.165) is 35.3 Å². The van der Waals surface area contributed by atoms with Crippen molar-refractivity contribution in [3.63, 3.8) is 0 Å². The number of methoxy groups -OCH3 is 1. The van der Waals surface area contributed by atoms with E-state index in [9.17, 15) is 14.4 Å². The van der Waals surface area contributed by atoms with Gasteiger partial charge in [-0.2, -0.15) is 0 Å². The summed E-state index contributed by atoms with van der Waals surface area (Å²) in [5.41, 5.74) is 10.6. The number of rotatable bonds is 8. The summed E-state index contributed by atoms with van der Waals surface area (Å²) in [6, 6.07) is 19.6. The molecule has 0 bridgehead atoms. The molecule has 4 aromatic rings. The van der Waals surface area contributed by atoms with Crippen molar-refractivity contribution in [2.75, 3.05) is 32.6 Å². The van der Waals surface area contributed by atoms with Gasteiger partial charge in [-0.05, 0) is 61.2 Å². The fourth-order valence-electron chi connectivity index (χ4n) is 5.57. The highest BCUT2D eigenvalue weighted by Crippen LogP contribution is 2.23. The second-order valence-corrected chi connectivity index (χ2v) is 11.0. The second-order valence-electron chi connectivity index (χ2n) is 11.0. The standard InChI is InChI=1S/C33H37N7O4/c1-38(33(43)36-25-6-4-5-24(19-25)32(42)44-3)26-15-17-40(18-16-26)31(41)23-12-13-28-27(20-23)37-29(39(28)2)14-9-21-7-10-22(11-8-21)30(34)35/h4-8,10-13,19-20,26H,9,14-18H2,1-3H3,(H3,34,35)(H,36,43). The normalized spacial score (nSPS) is 13.5. The molecule has 3 aromatic carbocycles. The van der Waals surface area contributed by atoms with Crippen LogP contribution in [-0.4, -0.2) is 76.4 Å². The van der Waals surface area contributed by atoms with Gasteiger partial charge in [0, 0.05) is 56.5 Å². The fraction of sp³-hybridized carbons (Fsp3) is 0.303. The fourth-order valence-corrected chi connectivity index (χ4v) is 5.57. The molecule has 4 N–H and O–H groups in total. The third-order valence-electron chi connectivity index (χ3n) is 8.28. The van der Waals surface area contributed by atoms with Crippen LogP contribution in [0, 0.1) is 5.41 Å². The molecule has 0 spiro atoms. The molecule has 0 atom stereocenters. The zero-order valence-corrected chi connectivity index (χ0v) is 25.2. The van der Waals surface area contributed by atoms with Gasteiger partial charge in [0.15, 0.2) is 0 Å². The lowest BCUT2D eigenvalue weighted by Crippen LogP contribution is -2.48. The Balaban J connectivity index is 1.17. The van der Waals surface area contributed by atoms with Crippen LogP contribution in [0.3, 0.4) is 0 Å². The Hall–Kier alpha value is -5.19. The van der Waals surface area contributed by atoms with Gasteiger partial charge in [0.2, 0.25) is 0 Å². The van der Waals surface area contributed by atoms with Crippen LogP contribution in [-0.2, 0) is 24.6 Å². The molecule has 0 saturated carbocycles. The van der Waals surface area contributed by atoms with Gasteiger partial charge in [0.25, 0.3) is 5.91 Å². The smallest absolute Gasteiger partial charge is 0.337 e. The van der Waals surface area contributed by atoms with Gasteiger partial charge in [-0.3, -0.25) is 10.2 Å². The number of fused-ring (bicyclic) bond motifs is 1. The molecular formula is C33H37N7O4. The summed E-state index contributed by atoms with van der Waals surface area (Å²) in [5.74, 6) is 0.468. The highest BCUT2D eigenvalue weighted by molar-refractivity contribution is 5.98. The lowest BCUT2D eigenvalue weighted by atomic mass is 10.0. The number of imidazole rings is 1. The number of carbonyl (C=O) groups is 3. The molecule has 0 radical (unpaired) electrons. The summed E-state index contributed by atoms with van der Waals surface area (Å²) in [7, 11) is 5.04. The number of aryl methyl sites for hydroxylation is 3. The number of aromatic nitrogens is 2. The van der Waals surface area contributed by atoms with Crippen LogP contribution in [0.15, 0.2) is 66.7 Å². The average Bonchev–Trinajstić information content (AvgIpc) is 3.37. The summed E-state index contributed by atoms with van der Waals surface area (Å²) >= 11 is 0. The van der Waals surface area contributed by atoms with E-state index < -0.39 is 5.97 Å². The highest BCUT2D eigenvalue weighted by Gasteiger charge is 2.28. The van der Waals surface area contributed by atoms with E-state index in [2.05, 4.69) is 9.88 Å². The number of nitrogens with two attached hydrogens (primary N) is 1. The Morgan fingerprint density at radius 3 is 2.39 bits per heavy atom. The largest absolute Gasteiger partial charge is 0.465 e. The van der Waals surface area contributed by atoms with E-state index in [0.29, 0.717) is 48.3 Å². The number of benzene rings is 3. The second kappa shape index (κ2) is 13.0. The Morgan fingerprint density at radius 2 is 1.70 bits per heavy atom. The predicted octanol–water partition coefficient (Wildman–Crippen LogP) is 4.20. The lowest BCUT2D eigenvalue weighted by Gasteiger charge is -2.36. The number of hydrogen-bond donors (Lipinski definition) is 3. The van der Waals surface area contributed by atoms with Gasteiger partial charge in [-0.25, -0.2) is 14.6 Å². The number of nitrogens with one attached hydrogen (secondary N) is 2. The van der Waals surface area contributed by atoms with Crippen molar-refractivity contribution < 1.29 is 19.1 Å². The molecule has 0 unspecified atom stereocenters. The minimum atomic E-state index is -0.469. The van der Waals surface area contributed by atoms with Crippen LogP contribution in [0.1, 0.15) is 50.5 Å². The molecular weight excluding hydrogens is 558 g/mol. The molecule has 11 heteroatoms. The first kappa shape index (κ1) is 30.3. The number of hydrogen-bond acceptors (Lipinski definition) is 6. The van der Waals surface area contributed by atoms with Crippen LogP contribution in [0.2, 0.25) is 0 Å². The summed E-state index contributed by atoms with van der Waals surface area (Å²) in [5, 5.41) is 10.4. The number of ether oxygens (including phenoxy) is 1. The maximum absolute atomic E-state index is 13.4. The average molecular weight is 596 g/mol. The van der Waals surface area contributed by atoms with Gasteiger partial charge in [0.1, 0.15) is 11.7 Å². The van der Waals surface area contributed by atoms with Crippen LogP contribution in [0.5, 0.6) is 0 Å². The molecule has 5 rings (SSSR count). The van der Waals surface area contributed by atoms with E-state index >= 15 is 0 Å². The first-order chi connectivity index (χ1) is 21.1. The van der Waals surface area contributed by atoms with Crippen molar-refractivity contribution in [3.05, 3.63) is 94.8 Å². The topological polar surface area (TPSA) is 147 Å². The molecule has 44 heavy (non-hydrogen) atoms. The first-order valence-electron chi connectivity index (χ1n) is 14.5. The third-order valence-corrected chi connectivity index (χ3v) is 8.28. The molecule has 3 amide bonds. The van der Waals surface area contributed by atoms with Gasteiger partial charge >= 0.3 is 12.0 Å². The predicted molar refractivity (Wildman–Crippen MR) is 169 cm³/mol. The number of amides is 3. The lowest BCUT2D eigenvalue weighted by molar-refractivity contribution is 0.0599. The Labute approximate surface area is 256 Å². The zero-order chi connectivity index (χ0) is 31.4. The van der Waals surface area contributed by atoms with Gasteiger partial charge in [-0.15, -0.1) is 0 Å². The van der Waals surface area contributed by atoms with Gasteiger partial charge in [-0.1, -0.05) is 30.3 Å². The number of nitrogens with zero attached hydrogens (tertiary/aromatic N) is 4. The SMILES string of the molecule is COC(=O)c1cccc(NC(=O)N(C)C2CCN(C(=O)c3ccc4c(c3)nc(CCc3ccc(C(=N)N)cc3)n4C)CC2)c1. The monoisotopic (exact) mass is 595 g/mol. The first-order valence-corrected chi connectivity index (χ1v) is 14.5. The van der Waals surface area contributed by atoms with E-state index in [1.807, 2.05) is 54.4 Å². The van der Waals surface area contributed by atoms with Crippen molar-refractivity contribution in [1.82, 2.24) is 19.4 Å². The summed E-state index contributed by atoms with van der Waals surface area (Å²) in [4.78, 5) is 46.5. The molecule has 1 aliphatic rings. The minimum Gasteiger partial charge on any atom is -0.465 e. The van der Waals surface area contributed by atoms with Crippen LogP contribution in [0.25, 0.3) is 11.0 Å². The van der Waals surface area contributed by atoms with Crippen molar-refractivity contribution in [3.8, 4) is 0 Å². The number of anilines is 1. The number of esters is 1. The quantitative estimate of drug-likeness (QED) is 0.158. The van der Waals surface area contributed by atoms with Crippen LogP contribution >= 0.6 is 0 Å². The minimum absolute atomic E-state index is 0.0256. The molecule has 228 valence electrons. The number of piperidine rings is 1. The molecule has 2 heterocycles. The maximum atomic E-state index is 13.4. The maximum Gasteiger partial charge on any atom is 0.337 e. The number of amidine groups is 1. The highest BCUT2D eigenvalue weighted by atomic mass is 16.5. The Bertz CT molecular complexity index is 1710. The summed E-state index contributed by atoms with van der Waals surface area (Å²) in [6.45, 7) is 1.07. The van der Waals surface area contributed by atoms with Crippen LogP contribution < -0.4 is 11.1 Å². The summed E-state index contributed by atoms with van der Waals surface area (Å²) < 4.78 is 6.82. The number of carbonyl (C=O) groups excluding carboxylic acids is 3. The van der Waals surface area contributed by atoms with Gasteiger partial charge < -0.3 is 30.2 Å². The molecule has 1 saturated heterocycles. The van der Waals surface area contributed by atoms with Crippen LogP contribution in [0.4, 0.5) is 10.5 Å². The number of likely N-dealkylation sites (tertiary alicyclic amines) is 1. The van der Waals surface area contributed by atoms with E-state index in [1.165, 1.54) is 7.11 Å². The molecule has 11 nitrogen and oxygen atoms in total. The molecule has 1 fully saturated rings. The number of nitrogen functional groups attached to an aromatic ring is 1.